The van der Waals surface area contributed by atoms with Crippen molar-refractivity contribution in [2.75, 3.05) is 6.54 Å². The molecule has 4 N–H and O–H groups in total. The molecule has 46 heavy (non-hydrogen) atoms. The van der Waals surface area contributed by atoms with E-state index in [1.54, 1.807) is 6.92 Å². The average Bonchev–Trinajstić information content (AvgIpc) is 3.03. The number of para-hydroxylation sites is 1. The summed E-state index contributed by atoms with van der Waals surface area (Å²) in [4.78, 5) is 56.0. The largest absolute Gasteiger partial charge is 0.481 e. The minimum Gasteiger partial charge on any atom is -0.481 e. The molecule has 242 valence electrons. The number of nitrogens with one attached hydrogen (secondary N) is 3. The first-order chi connectivity index (χ1) is 22.1. The minimum atomic E-state index is -1.42. The van der Waals surface area contributed by atoms with E-state index in [9.17, 15) is 19.2 Å². The molecule has 3 amide bonds. The van der Waals surface area contributed by atoms with Crippen LogP contribution in [-0.2, 0) is 25.5 Å². The molecule has 0 aliphatic heterocycles. The van der Waals surface area contributed by atoms with Gasteiger partial charge in [-0.15, -0.1) is 0 Å². The first-order valence-corrected chi connectivity index (χ1v) is 16.3. The number of amides is 3. The van der Waals surface area contributed by atoms with E-state index >= 15 is 0 Å². The molecule has 0 saturated heterocycles. The van der Waals surface area contributed by atoms with Gasteiger partial charge in [-0.1, -0.05) is 54.6 Å². The lowest BCUT2D eigenvalue weighted by molar-refractivity contribution is -0.138. The van der Waals surface area contributed by atoms with Gasteiger partial charge in [-0.2, -0.15) is 0 Å². The summed E-state index contributed by atoms with van der Waals surface area (Å²) in [5.41, 5.74) is 0.742. The van der Waals surface area contributed by atoms with Gasteiger partial charge in [0.2, 0.25) is 11.8 Å². The predicted molar refractivity (Wildman–Crippen MR) is 172 cm³/mol. The quantitative estimate of drug-likeness (QED) is 0.223. The molecule has 4 aliphatic rings. The molecular weight excluding hydrogens is 584 g/mol. The van der Waals surface area contributed by atoms with Crippen molar-refractivity contribution < 1.29 is 29.0 Å². The van der Waals surface area contributed by atoms with Crippen molar-refractivity contribution in [3.8, 4) is 0 Å². The Morgan fingerprint density at radius 2 is 1.57 bits per heavy atom. The second-order valence-electron chi connectivity index (χ2n) is 13.6. The molecule has 0 radical (unpaired) electrons. The summed E-state index contributed by atoms with van der Waals surface area (Å²) in [6, 6.07) is 20.0. The molecule has 10 heteroatoms. The molecule has 2 atom stereocenters. The number of nitrogens with zero attached hydrogens (tertiary/aromatic N) is 1. The Hall–Kier alpha value is -4.47. The normalized spacial score (nSPS) is 24.8. The van der Waals surface area contributed by atoms with Gasteiger partial charge in [-0.3, -0.25) is 19.4 Å². The van der Waals surface area contributed by atoms with E-state index in [1.807, 2.05) is 66.7 Å². The molecule has 4 bridgehead atoms. The number of carboxylic acids is 1. The fourth-order valence-electron chi connectivity index (χ4n) is 8.01. The highest BCUT2D eigenvalue weighted by Crippen LogP contribution is 2.54. The second-order valence-corrected chi connectivity index (χ2v) is 13.6. The number of aliphatic carboxylic acids is 1. The van der Waals surface area contributed by atoms with Crippen LogP contribution in [0.1, 0.15) is 69.2 Å². The van der Waals surface area contributed by atoms with Crippen molar-refractivity contribution in [2.45, 2.75) is 76.0 Å². The zero-order valence-electron chi connectivity index (χ0n) is 26.1. The third-order valence-electron chi connectivity index (χ3n) is 10.0. The Balaban J connectivity index is 1.19. The number of aromatic nitrogens is 1. The average molecular weight is 627 g/mol. The molecule has 3 aromatic rings. The van der Waals surface area contributed by atoms with E-state index in [-0.39, 0.29) is 31.9 Å². The van der Waals surface area contributed by atoms with Crippen molar-refractivity contribution in [3.63, 3.8) is 0 Å². The Morgan fingerprint density at radius 1 is 0.891 bits per heavy atom. The van der Waals surface area contributed by atoms with Crippen LogP contribution >= 0.6 is 0 Å². The third kappa shape index (κ3) is 7.32. The summed E-state index contributed by atoms with van der Waals surface area (Å²) in [5, 5.41) is 18.7. The molecule has 1 unspecified atom stereocenters. The Labute approximate surface area is 268 Å². The van der Waals surface area contributed by atoms with Crippen LogP contribution < -0.4 is 16.0 Å². The van der Waals surface area contributed by atoms with Gasteiger partial charge in [0, 0.05) is 30.5 Å². The Kier molecular flexibility index (Phi) is 9.24. The monoisotopic (exact) mass is 626 g/mol. The molecule has 0 spiro atoms. The number of carbonyl (C=O) groups is 4. The number of benzene rings is 2. The maximum atomic E-state index is 14.0. The Bertz CT molecular complexity index is 1570. The lowest BCUT2D eigenvalue weighted by Gasteiger charge is -2.53. The van der Waals surface area contributed by atoms with Gasteiger partial charge >= 0.3 is 12.1 Å². The highest BCUT2D eigenvalue weighted by molar-refractivity contribution is 5.90. The molecule has 1 heterocycles. The van der Waals surface area contributed by atoms with E-state index in [0.717, 1.165) is 54.0 Å². The summed E-state index contributed by atoms with van der Waals surface area (Å²) in [7, 11) is 0. The number of alkyl carbamates (subject to hydrolysis) is 1. The highest BCUT2D eigenvalue weighted by atomic mass is 16.6. The molecule has 2 aromatic carbocycles. The standard InChI is InChI=1S/C36H42N4O6/c1-36(20-28-12-11-25-9-5-6-10-29(25)38-28,40-35(45)46-33-26-16-22-15-23(18-26)19-27(33)17-22)34(44)37-21-30(24-7-3-2-4-8-24)39-31(41)13-14-32(42)43/h2-12,22-23,26-27,30,33H,13-21H2,1H3,(H,37,44)(H,39,41)(H,40,45)(H,42,43)/t22?,23?,26?,27?,30-,33?,36?/m0/s1. The summed E-state index contributed by atoms with van der Waals surface area (Å²) >= 11 is 0. The van der Waals surface area contributed by atoms with Crippen LogP contribution in [0, 0.1) is 23.7 Å². The topological polar surface area (TPSA) is 147 Å². The van der Waals surface area contributed by atoms with Crippen molar-refractivity contribution >= 4 is 34.8 Å². The van der Waals surface area contributed by atoms with Crippen molar-refractivity contribution in [1.82, 2.24) is 20.9 Å². The van der Waals surface area contributed by atoms with Gasteiger partial charge in [0.05, 0.1) is 18.0 Å². The molecule has 7 rings (SSSR count). The molecular formula is C36H42N4O6. The molecule has 10 nitrogen and oxygen atoms in total. The first-order valence-electron chi connectivity index (χ1n) is 16.3. The van der Waals surface area contributed by atoms with E-state index in [1.165, 1.54) is 6.42 Å². The molecule has 4 saturated carbocycles. The van der Waals surface area contributed by atoms with Crippen LogP contribution in [0.3, 0.4) is 0 Å². The SMILES string of the molecule is CC(Cc1ccc2ccccc2n1)(NC(=O)OC1C2CC3CC(C2)CC1C3)C(=O)NC[C@H](NC(=O)CCC(=O)O)c1ccccc1. The van der Waals surface area contributed by atoms with Gasteiger partial charge in [0.15, 0.2) is 0 Å². The van der Waals surface area contributed by atoms with Crippen molar-refractivity contribution in [2.24, 2.45) is 23.7 Å². The van der Waals surface area contributed by atoms with Gasteiger partial charge in [0.1, 0.15) is 11.6 Å². The fraction of sp³-hybridized carbons (Fsp3) is 0.472. The van der Waals surface area contributed by atoms with E-state index in [2.05, 4.69) is 16.0 Å². The predicted octanol–water partition coefficient (Wildman–Crippen LogP) is 4.93. The van der Waals surface area contributed by atoms with Crippen molar-refractivity contribution in [3.05, 3.63) is 78.0 Å². The van der Waals surface area contributed by atoms with Crippen LogP contribution in [-0.4, -0.2) is 52.2 Å². The van der Waals surface area contributed by atoms with Gasteiger partial charge in [-0.05, 0) is 80.4 Å². The van der Waals surface area contributed by atoms with E-state index in [4.69, 9.17) is 14.8 Å². The lowest BCUT2D eigenvalue weighted by atomic mass is 9.55. The summed E-state index contributed by atoms with van der Waals surface area (Å²) in [6.45, 7) is 1.69. The van der Waals surface area contributed by atoms with Crippen LogP contribution in [0.5, 0.6) is 0 Å². The smallest absolute Gasteiger partial charge is 0.408 e. The fourth-order valence-corrected chi connectivity index (χ4v) is 8.01. The summed E-state index contributed by atoms with van der Waals surface area (Å²) in [6.07, 6.45) is 4.58. The minimum absolute atomic E-state index is 0.0225. The van der Waals surface area contributed by atoms with Gasteiger partial charge in [0.25, 0.3) is 0 Å². The number of rotatable bonds is 12. The maximum Gasteiger partial charge on any atom is 0.408 e. The number of carboxylic acid groups (broad SMARTS) is 1. The van der Waals surface area contributed by atoms with E-state index in [0.29, 0.717) is 17.5 Å². The van der Waals surface area contributed by atoms with Gasteiger partial charge in [-0.25, -0.2) is 4.79 Å². The first kappa shape index (κ1) is 31.5. The van der Waals surface area contributed by atoms with Crippen LogP contribution in [0.25, 0.3) is 10.9 Å². The second kappa shape index (κ2) is 13.5. The number of hydrogen-bond acceptors (Lipinski definition) is 6. The van der Waals surface area contributed by atoms with Crippen LogP contribution in [0.4, 0.5) is 4.79 Å². The molecule has 4 aliphatic carbocycles. The molecule has 4 fully saturated rings. The summed E-state index contributed by atoms with van der Waals surface area (Å²) < 4.78 is 6.12. The number of fused-ring (bicyclic) bond motifs is 1. The third-order valence-corrected chi connectivity index (χ3v) is 10.0. The lowest BCUT2D eigenvalue weighted by Crippen LogP contribution is -2.60. The highest BCUT2D eigenvalue weighted by Gasteiger charge is 2.50. The zero-order chi connectivity index (χ0) is 32.3. The van der Waals surface area contributed by atoms with Gasteiger partial charge < -0.3 is 25.8 Å². The molecule has 1 aromatic heterocycles. The Morgan fingerprint density at radius 3 is 2.26 bits per heavy atom. The number of pyridine rings is 1. The van der Waals surface area contributed by atoms with E-state index < -0.39 is 35.5 Å². The van der Waals surface area contributed by atoms with Crippen molar-refractivity contribution in [1.29, 1.82) is 0 Å². The van der Waals surface area contributed by atoms with Crippen LogP contribution in [0.15, 0.2) is 66.7 Å². The summed E-state index contributed by atoms with van der Waals surface area (Å²) in [5.74, 6) is 0.270. The maximum absolute atomic E-state index is 14.0. The zero-order valence-corrected chi connectivity index (χ0v) is 26.1. The van der Waals surface area contributed by atoms with Crippen LogP contribution in [0.2, 0.25) is 0 Å². The number of hydrogen-bond donors (Lipinski definition) is 4. The number of carbonyl (C=O) groups excluding carboxylic acids is 3. The number of ether oxygens (including phenoxy) is 1.